The van der Waals surface area contributed by atoms with Gasteiger partial charge in [-0.1, -0.05) is 42.5 Å². The highest BCUT2D eigenvalue weighted by molar-refractivity contribution is 6.35. The van der Waals surface area contributed by atoms with Crippen LogP contribution in [-0.4, -0.2) is 16.9 Å². The van der Waals surface area contributed by atoms with Gasteiger partial charge < -0.3 is 5.32 Å². The van der Waals surface area contributed by atoms with Crippen LogP contribution in [0.2, 0.25) is 10.2 Å². The molecule has 0 spiro atoms. The Labute approximate surface area is 123 Å². The van der Waals surface area contributed by atoms with Gasteiger partial charge in [-0.2, -0.15) is 0 Å². The Morgan fingerprint density at radius 2 is 2.05 bits per heavy atom. The van der Waals surface area contributed by atoms with Gasteiger partial charge in [-0.25, -0.2) is 4.98 Å². The van der Waals surface area contributed by atoms with E-state index < -0.39 is 0 Å². The molecule has 0 radical (unpaired) electrons. The van der Waals surface area contributed by atoms with Gasteiger partial charge in [0.1, 0.15) is 5.15 Å². The molecule has 0 bridgehead atoms. The van der Waals surface area contributed by atoms with Gasteiger partial charge in [-0.15, -0.1) is 0 Å². The van der Waals surface area contributed by atoms with Crippen molar-refractivity contribution in [2.45, 2.75) is 45.1 Å². The van der Waals surface area contributed by atoms with Gasteiger partial charge in [0.05, 0.1) is 10.6 Å². The molecule has 0 aromatic carbocycles. The smallest absolute Gasteiger partial charge is 0.253 e. The van der Waals surface area contributed by atoms with E-state index in [1.165, 1.54) is 44.4 Å². The number of hydrogen-bond donors (Lipinski definition) is 1. The lowest BCUT2D eigenvalue weighted by atomic mass is 9.84. The highest BCUT2D eigenvalue weighted by Gasteiger charge is 2.22. The van der Waals surface area contributed by atoms with Crippen molar-refractivity contribution in [1.29, 1.82) is 0 Å². The number of nitrogens with zero attached hydrogens (tertiary/aromatic N) is 1. The molecule has 1 aromatic heterocycles. The Bertz CT molecular complexity index is 459. The summed E-state index contributed by atoms with van der Waals surface area (Å²) in [5.41, 5.74) is 0.393. The maximum atomic E-state index is 12.2. The Morgan fingerprint density at radius 1 is 1.37 bits per heavy atom. The molecular formula is C14H18Cl2N2O. The van der Waals surface area contributed by atoms with Crippen LogP contribution < -0.4 is 5.32 Å². The second-order valence-corrected chi connectivity index (χ2v) is 5.94. The van der Waals surface area contributed by atoms with Gasteiger partial charge in [0, 0.05) is 12.2 Å². The number of pyridine rings is 1. The third kappa shape index (κ3) is 3.83. The summed E-state index contributed by atoms with van der Waals surface area (Å²) < 4.78 is 0. The molecule has 19 heavy (non-hydrogen) atoms. The zero-order valence-corrected chi connectivity index (χ0v) is 12.5. The topological polar surface area (TPSA) is 42.0 Å². The summed E-state index contributed by atoms with van der Waals surface area (Å²) in [4.78, 5) is 16.0. The van der Waals surface area contributed by atoms with Crippen molar-refractivity contribution in [3.8, 4) is 0 Å². The van der Waals surface area contributed by atoms with Gasteiger partial charge in [-0.05, 0) is 31.7 Å². The van der Waals surface area contributed by atoms with Gasteiger partial charge in [0.25, 0.3) is 5.91 Å². The van der Waals surface area contributed by atoms with Crippen LogP contribution in [0.3, 0.4) is 0 Å². The van der Waals surface area contributed by atoms with E-state index in [0.29, 0.717) is 16.5 Å². The summed E-state index contributed by atoms with van der Waals surface area (Å²) in [5, 5.41) is 3.63. The predicted octanol–water partition coefficient (Wildman–Crippen LogP) is 4.09. The molecule has 0 saturated heterocycles. The lowest BCUT2D eigenvalue weighted by Crippen LogP contribution is -2.39. The minimum atomic E-state index is -0.174. The molecule has 1 unspecified atom stereocenters. The maximum absolute atomic E-state index is 12.2. The first-order valence-electron chi connectivity index (χ1n) is 6.70. The van der Waals surface area contributed by atoms with Crippen molar-refractivity contribution in [1.82, 2.24) is 10.3 Å². The third-order valence-corrected chi connectivity index (χ3v) is 4.29. The molecule has 104 valence electrons. The highest BCUT2D eigenvalue weighted by Crippen LogP contribution is 2.27. The minimum absolute atomic E-state index is 0.163. The first kappa shape index (κ1) is 14.6. The number of carbonyl (C=O) groups excluding carboxylic acids is 1. The molecule has 1 aromatic rings. The van der Waals surface area contributed by atoms with Gasteiger partial charge in [-0.3, -0.25) is 4.79 Å². The summed E-state index contributed by atoms with van der Waals surface area (Å²) in [6, 6.07) is 1.67. The van der Waals surface area contributed by atoms with Crippen LogP contribution in [0, 0.1) is 5.92 Å². The van der Waals surface area contributed by atoms with E-state index >= 15 is 0 Å². The predicted molar refractivity (Wildman–Crippen MR) is 77.8 cm³/mol. The summed E-state index contributed by atoms with van der Waals surface area (Å²) in [7, 11) is 0. The molecular weight excluding hydrogens is 283 g/mol. The summed E-state index contributed by atoms with van der Waals surface area (Å²) in [6.07, 6.45) is 7.60. The van der Waals surface area contributed by atoms with E-state index in [0.717, 1.165) is 0 Å². The van der Waals surface area contributed by atoms with E-state index in [1.807, 2.05) is 0 Å². The molecule has 1 aliphatic rings. The SMILES string of the molecule is CC(NC(=O)c1cc(Cl)ncc1Cl)C1CCCCC1. The number of halogens is 2. The largest absolute Gasteiger partial charge is 0.349 e. The molecule has 2 rings (SSSR count). The third-order valence-electron chi connectivity index (χ3n) is 3.78. The van der Waals surface area contributed by atoms with Crippen LogP contribution >= 0.6 is 23.2 Å². The van der Waals surface area contributed by atoms with E-state index in [9.17, 15) is 4.79 Å². The van der Waals surface area contributed by atoms with Gasteiger partial charge in [0.2, 0.25) is 0 Å². The molecule has 3 nitrogen and oxygen atoms in total. The zero-order chi connectivity index (χ0) is 13.8. The van der Waals surface area contributed by atoms with Crippen LogP contribution in [0.5, 0.6) is 0 Å². The van der Waals surface area contributed by atoms with E-state index in [1.54, 1.807) is 0 Å². The quantitative estimate of drug-likeness (QED) is 0.854. The molecule has 1 aliphatic carbocycles. The summed E-state index contributed by atoms with van der Waals surface area (Å²) in [5.74, 6) is 0.390. The van der Waals surface area contributed by atoms with Crippen molar-refractivity contribution in [2.24, 2.45) is 5.92 Å². The molecule has 1 heterocycles. The van der Waals surface area contributed by atoms with Crippen molar-refractivity contribution < 1.29 is 4.79 Å². The first-order valence-corrected chi connectivity index (χ1v) is 7.45. The fraction of sp³-hybridized carbons (Fsp3) is 0.571. The van der Waals surface area contributed by atoms with Crippen LogP contribution in [0.1, 0.15) is 49.4 Å². The Kier molecular flexibility index (Phi) is 5.06. The lowest BCUT2D eigenvalue weighted by Gasteiger charge is -2.28. The molecule has 5 heteroatoms. The summed E-state index contributed by atoms with van der Waals surface area (Å²) >= 11 is 11.8. The fourth-order valence-corrected chi connectivity index (χ4v) is 2.97. The van der Waals surface area contributed by atoms with Crippen LogP contribution in [0.4, 0.5) is 0 Å². The van der Waals surface area contributed by atoms with Crippen molar-refractivity contribution >= 4 is 29.1 Å². The average Bonchev–Trinajstić information content (AvgIpc) is 2.42. The number of aromatic nitrogens is 1. The molecule has 1 amide bonds. The molecule has 1 atom stereocenters. The van der Waals surface area contributed by atoms with E-state index in [4.69, 9.17) is 23.2 Å². The number of rotatable bonds is 3. The van der Waals surface area contributed by atoms with Crippen LogP contribution in [-0.2, 0) is 0 Å². The molecule has 1 N–H and O–H groups in total. The fourth-order valence-electron chi connectivity index (χ4n) is 2.62. The highest BCUT2D eigenvalue weighted by atomic mass is 35.5. The average molecular weight is 301 g/mol. The first-order chi connectivity index (χ1) is 9.08. The lowest BCUT2D eigenvalue weighted by molar-refractivity contribution is 0.0919. The second-order valence-electron chi connectivity index (χ2n) is 5.15. The normalized spacial score (nSPS) is 18.1. The van der Waals surface area contributed by atoms with Gasteiger partial charge >= 0.3 is 0 Å². The van der Waals surface area contributed by atoms with Crippen LogP contribution in [0.25, 0.3) is 0 Å². The number of amides is 1. The molecule has 1 saturated carbocycles. The van der Waals surface area contributed by atoms with Crippen molar-refractivity contribution in [2.75, 3.05) is 0 Å². The number of carbonyl (C=O) groups is 1. The van der Waals surface area contributed by atoms with E-state index in [2.05, 4.69) is 17.2 Å². The zero-order valence-electron chi connectivity index (χ0n) is 11.0. The Balaban J connectivity index is 2.01. The number of hydrogen-bond acceptors (Lipinski definition) is 2. The molecule has 0 aliphatic heterocycles. The summed E-state index contributed by atoms with van der Waals surface area (Å²) in [6.45, 7) is 2.06. The van der Waals surface area contributed by atoms with E-state index in [-0.39, 0.29) is 17.1 Å². The monoisotopic (exact) mass is 300 g/mol. The van der Waals surface area contributed by atoms with Gasteiger partial charge in [0.15, 0.2) is 0 Å². The van der Waals surface area contributed by atoms with Crippen molar-refractivity contribution in [3.05, 3.63) is 28.0 Å². The second kappa shape index (κ2) is 6.58. The minimum Gasteiger partial charge on any atom is -0.349 e. The van der Waals surface area contributed by atoms with Crippen LogP contribution in [0.15, 0.2) is 12.3 Å². The Morgan fingerprint density at radius 3 is 2.74 bits per heavy atom. The maximum Gasteiger partial charge on any atom is 0.253 e. The van der Waals surface area contributed by atoms with Crippen molar-refractivity contribution in [3.63, 3.8) is 0 Å². The Hall–Kier alpha value is -0.800. The standard InChI is InChI=1S/C14H18Cl2N2O/c1-9(10-5-3-2-4-6-10)18-14(19)11-7-13(16)17-8-12(11)15/h7-10H,2-6H2,1H3,(H,18,19). The number of nitrogens with one attached hydrogen (secondary N) is 1. The molecule has 1 fully saturated rings.